The molecule has 0 fully saturated rings. The van der Waals surface area contributed by atoms with E-state index in [-0.39, 0.29) is 5.76 Å². The quantitative estimate of drug-likeness (QED) is 0.767. The molecule has 0 saturated carbocycles. The van der Waals surface area contributed by atoms with E-state index in [4.69, 9.17) is 9.52 Å². The van der Waals surface area contributed by atoms with E-state index in [0.29, 0.717) is 12.1 Å². The molecule has 0 atom stereocenters. The number of benzene rings is 1. The molecular weight excluding hydrogens is 230 g/mol. The first-order valence-electron chi connectivity index (χ1n) is 5.81. The van der Waals surface area contributed by atoms with E-state index in [1.807, 2.05) is 18.2 Å². The number of furan rings is 1. The van der Waals surface area contributed by atoms with Crippen LogP contribution < -0.4 is 5.32 Å². The van der Waals surface area contributed by atoms with Crippen molar-refractivity contribution in [1.29, 1.82) is 0 Å². The van der Waals surface area contributed by atoms with Crippen LogP contribution in [0.25, 0.3) is 0 Å². The molecule has 1 heterocycles. The van der Waals surface area contributed by atoms with E-state index < -0.39 is 5.97 Å². The Morgan fingerprint density at radius 2 is 2.00 bits per heavy atom. The maximum Gasteiger partial charge on any atom is 0.372 e. The molecule has 0 aliphatic heterocycles. The van der Waals surface area contributed by atoms with E-state index in [0.717, 1.165) is 13.0 Å². The summed E-state index contributed by atoms with van der Waals surface area (Å²) in [6.07, 6.45) is 2.32. The largest absolute Gasteiger partial charge is 0.475 e. The number of rotatable bonds is 6. The summed E-state index contributed by atoms with van der Waals surface area (Å²) < 4.78 is 4.90. The number of carboxylic acids is 1. The minimum atomic E-state index is -1.03. The van der Waals surface area contributed by atoms with Crippen LogP contribution >= 0.6 is 0 Å². The third-order valence-corrected chi connectivity index (χ3v) is 2.69. The van der Waals surface area contributed by atoms with Crippen molar-refractivity contribution in [3.8, 4) is 0 Å². The van der Waals surface area contributed by atoms with Gasteiger partial charge in [-0.15, -0.1) is 0 Å². The number of nitrogens with one attached hydrogen (secondary N) is 1. The molecule has 0 saturated heterocycles. The molecule has 94 valence electrons. The maximum atomic E-state index is 10.8. The summed E-state index contributed by atoms with van der Waals surface area (Å²) in [6.45, 7) is 1.30. The Morgan fingerprint density at radius 3 is 2.72 bits per heavy atom. The highest BCUT2D eigenvalue weighted by molar-refractivity contribution is 5.86. The third kappa shape index (κ3) is 3.21. The smallest absolute Gasteiger partial charge is 0.372 e. The topological polar surface area (TPSA) is 62.5 Å². The van der Waals surface area contributed by atoms with Gasteiger partial charge in [-0.1, -0.05) is 30.3 Å². The van der Waals surface area contributed by atoms with Crippen LogP contribution in [0.5, 0.6) is 0 Å². The lowest BCUT2D eigenvalue weighted by atomic mass is 10.1. The number of carbonyl (C=O) groups is 1. The van der Waals surface area contributed by atoms with E-state index in [2.05, 4.69) is 17.4 Å². The minimum Gasteiger partial charge on any atom is -0.475 e. The molecule has 0 unspecified atom stereocenters. The van der Waals surface area contributed by atoms with Gasteiger partial charge in [-0.2, -0.15) is 0 Å². The van der Waals surface area contributed by atoms with E-state index in [9.17, 15) is 4.79 Å². The zero-order chi connectivity index (χ0) is 12.8. The van der Waals surface area contributed by atoms with Crippen LogP contribution in [-0.2, 0) is 13.0 Å². The molecule has 0 amide bonds. The SMILES string of the molecule is O=C(O)c1occc1CNCCc1ccccc1. The van der Waals surface area contributed by atoms with Crippen molar-refractivity contribution < 1.29 is 14.3 Å². The van der Waals surface area contributed by atoms with Crippen LogP contribution in [-0.4, -0.2) is 17.6 Å². The van der Waals surface area contributed by atoms with E-state index in [1.54, 1.807) is 6.07 Å². The standard InChI is InChI=1S/C14H15NO3/c16-14(17)13-12(7-9-18-13)10-15-8-6-11-4-2-1-3-5-11/h1-5,7,9,15H,6,8,10H2,(H,16,17). The van der Waals surface area contributed by atoms with Gasteiger partial charge in [0.05, 0.1) is 6.26 Å². The molecule has 4 nitrogen and oxygen atoms in total. The Kier molecular flexibility index (Phi) is 4.15. The van der Waals surface area contributed by atoms with Crippen molar-refractivity contribution in [2.24, 2.45) is 0 Å². The Balaban J connectivity index is 1.79. The molecular formula is C14H15NO3. The van der Waals surface area contributed by atoms with Crippen LogP contribution in [0, 0.1) is 0 Å². The van der Waals surface area contributed by atoms with Crippen LogP contribution in [0.4, 0.5) is 0 Å². The van der Waals surface area contributed by atoms with Gasteiger partial charge < -0.3 is 14.8 Å². The van der Waals surface area contributed by atoms with Gasteiger partial charge in [0.25, 0.3) is 0 Å². The average Bonchev–Trinajstić information content (AvgIpc) is 2.84. The molecule has 2 aromatic rings. The highest BCUT2D eigenvalue weighted by Crippen LogP contribution is 2.10. The van der Waals surface area contributed by atoms with Crippen molar-refractivity contribution in [2.75, 3.05) is 6.54 Å². The number of hydrogen-bond acceptors (Lipinski definition) is 3. The molecule has 0 spiro atoms. The average molecular weight is 245 g/mol. The molecule has 0 aliphatic carbocycles. The van der Waals surface area contributed by atoms with Gasteiger partial charge in [0, 0.05) is 12.1 Å². The fraction of sp³-hybridized carbons (Fsp3) is 0.214. The van der Waals surface area contributed by atoms with Crippen molar-refractivity contribution in [1.82, 2.24) is 5.32 Å². The first-order chi connectivity index (χ1) is 8.77. The molecule has 2 N–H and O–H groups in total. The number of carboxylic acid groups (broad SMARTS) is 1. The maximum absolute atomic E-state index is 10.8. The summed E-state index contributed by atoms with van der Waals surface area (Å²) in [6, 6.07) is 11.8. The highest BCUT2D eigenvalue weighted by atomic mass is 16.4. The Bertz CT molecular complexity index is 505. The zero-order valence-electron chi connectivity index (χ0n) is 9.93. The fourth-order valence-electron chi connectivity index (χ4n) is 1.76. The summed E-state index contributed by atoms with van der Waals surface area (Å²) in [5.74, 6) is -1.01. The first-order valence-corrected chi connectivity index (χ1v) is 5.81. The molecule has 18 heavy (non-hydrogen) atoms. The second-order valence-corrected chi connectivity index (χ2v) is 3.99. The van der Waals surface area contributed by atoms with Gasteiger partial charge in [0.15, 0.2) is 0 Å². The summed E-state index contributed by atoms with van der Waals surface area (Å²) in [5, 5.41) is 12.1. The van der Waals surface area contributed by atoms with Gasteiger partial charge in [0.2, 0.25) is 5.76 Å². The second kappa shape index (κ2) is 6.02. The Hall–Kier alpha value is -2.07. The predicted octanol–water partition coefficient (Wildman–Crippen LogP) is 2.31. The van der Waals surface area contributed by atoms with Crippen molar-refractivity contribution >= 4 is 5.97 Å². The lowest BCUT2D eigenvalue weighted by Gasteiger charge is -2.04. The molecule has 1 aromatic heterocycles. The highest BCUT2D eigenvalue weighted by Gasteiger charge is 2.12. The molecule has 2 rings (SSSR count). The van der Waals surface area contributed by atoms with Gasteiger partial charge >= 0.3 is 5.97 Å². The van der Waals surface area contributed by atoms with Gasteiger partial charge in [-0.3, -0.25) is 0 Å². The van der Waals surface area contributed by atoms with E-state index >= 15 is 0 Å². The molecule has 0 aliphatic rings. The number of hydrogen-bond donors (Lipinski definition) is 2. The summed E-state index contributed by atoms with van der Waals surface area (Å²) >= 11 is 0. The van der Waals surface area contributed by atoms with E-state index in [1.165, 1.54) is 11.8 Å². The Morgan fingerprint density at radius 1 is 1.22 bits per heavy atom. The molecule has 4 heteroatoms. The minimum absolute atomic E-state index is 0.0159. The van der Waals surface area contributed by atoms with Crippen LogP contribution in [0.3, 0.4) is 0 Å². The first kappa shape index (κ1) is 12.4. The number of aromatic carboxylic acids is 1. The second-order valence-electron chi connectivity index (χ2n) is 3.99. The van der Waals surface area contributed by atoms with Crippen LogP contribution in [0.1, 0.15) is 21.7 Å². The summed E-state index contributed by atoms with van der Waals surface area (Å²) in [7, 11) is 0. The molecule has 1 aromatic carbocycles. The summed E-state index contributed by atoms with van der Waals surface area (Å²) in [4.78, 5) is 10.8. The lowest BCUT2D eigenvalue weighted by Crippen LogP contribution is -2.17. The normalized spacial score (nSPS) is 10.4. The van der Waals surface area contributed by atoms with Crippen molar-refractivity contribution in [2.45, 2.75) is 13.0 Å². The third-order valence-electron chi connectivity index (χ3n) is 2.69. The molecule has 0 radical (unpaired) electrons. The lowest BCUT2D eigenvalue weighted by molar-refractivity contribution is 0.0660. The van der Waals surface area contributed by atoms with Gasteiger partial charge in [-0.05, 0) is 24.6 Å². The molecule has 0 bridgehead atoms. The van der Waals surface area contributed by atoms with Gasteiger partial charge in [0.1, 0.15) is 0 Å². The van der Waals surface area contributed by atoms with Gasteiger partial charge in [-0.25, -0.2) is 4.79 Å². The fourth-order valence-corrected chi connectivity index (χ4v) is 1.76. The zero-order valence-corrected chi connectivity index (χ0v) is 9.93. The van der Waals surface area contributed by atoms with Crippen molar-refractivity contribution in [3.63, 3.8) is 0 Å². The summed E-state index contributed by atoms with van der Waals surface area (Å²) in [5.41, 5.74) is 1.94. The van der Waals surface area contributed by atoms with Crippen LogP contribution in [0.15, 0.2) is 47.1 Å². The van der Waals surface area contributed by atoms with Crippen molar-refractivity contribution in [3.05, 3.63) is 59.5 Å². The Labute approximate surface area is 105 Å². The van der Waals surface area contributed by atoms with Crippen LogP contribution in [0.2, 0.25) is 0 Å². The predicted molar refractivity (Wildman–Crippen MR) is 67.5 cm³/mol. The monoisotopic (exact) mass is 245 g/mol.